The summed E-state index contributed by atoms with van der Waals surface area (Å²) in [6.45, 7) is 3.36. The molecule has 6 nitrogen and oxygen atoms in total. The highest BCUT2D eigenvalue weighted by atomic mass is 32.2. The lowest BCUT2D eigenvalue weighted by Gasteiger charge is -2.18. The molecule has 1 aromatic carbocycles. The summed E-state index contributed by atoms with van der Waals surface area (Å²) in [7, 11) is 0. The number of amides is 1. The Morgan fingerprint density at radius 2 is 1.93 bits per heavy atom. The third-order valence-corrected chi connectivity index (χ3v) is 5.49. The van der Waals surface area contributed by atoms with Crippen LogP contribution in [0.4, 0.5) is 24.0 Å². The molecule has 3 rings (SSSR count). The number of thiazole rings is 1. The van der Waals surface area contributed by atoms with Crippen LogP contribution in [0.3, 0.4) is 0 Å². The van der Waals surface area contributed by atoms with Crippen molar-refractivity contribution in [2.75, 3.05) is 4.90 Å². The largest absolute Gasteiger partial charge is 0.433 e. The summed E-state index contributed by atoms with van der Waals surface area (Å²) in [4.78, 5) is 35.1. The highest BCUT2D eigenvalue weighted by Gasteiger charge is 2.33. The average molecular weight is 440 g/mol. The number of carbonyl (C=O) groups excluding carboxylic acids is 1. The van der Waals surface area contributed by atoms with E-state index in [4.69, 9.17) is 0 Å². The zero-order chi connectivity index (χ0) is 21.2. The summed E-state index contributed by atoms with van der Waals surface area (Å²) in [6.07, 6.45) is -4.70. The molecule has 0 radical (unpaired) electrons. The van der Waals surface area contributed by atoms with E-state index >= 15 is 0 Å². The third-order valence-electron chi connectivity index (χ3n) is 3.71. The Balaban J connectivity index is 1.78. The minimum absolute atomic E-state index is 0.152. The molecule has 3 aromatic rings. The second kappa shape index (κ2) is 8.37. The number of nitrogens with one attached hydrogen (secondary N) is 1. The maximum absolute atomic E-state index is 12.8. The lowest BCUT2D eigenvalue weighted by Crippen LogP contribution is -2.22. The van der Waals surface area contributed by atoms with Crippen LogP contribution in [0.25, 0.3) is 0 Å². The predicted octanol–water partition coefficient (Wildman–Crippen LogP) is 4.53. The molecule has 0 saturated heterocycles. The molecule has 29 heavy (non-hydrogen) atoms. The van der Waals surface area contributed by atoms with Crippen molar-refractivity contribution in [1.29, 1.82) is 0 Å². The number of H-pyrrole nitrogens is 1. The van der Waals surface area contributed by atoms with Gasteiger partial charge in [0, 0.05) is 24.1 Å². The minimum Gasteiger partial charge on any atom is -0.301 e. The Labute approximate surface area is 171 Å². The molecule has 0 spiro atoms. The number of alkyl halides is 3. The van der Waals surface area contributed by atoms with Crippen LogP contribution in [-0.4, -0.2) is 20.9 Å². The van der Waals surface area contributed by atoms with Crippen LogP contribution in [0.5, 0.6) is 0 Å². The van der Waals surface area contributed by atoms with Crippen LogP contribution in [0.1, 0.15) is 23.9 Å². The lowest BCUT2D eigenvalue weighted by atomic mass is 10.2. The number of aromatic amines is 1. The monoisotopic (exact) mass is 440 g/mol. The summed E-state index contributed by atoms with van der Waals surface area (Å²) in [5.74, 6) is -0.0355. The fraction of sp³-hybridized carbons (Fsp3) is 0.222. The van der Waals surface area contributed by atoms with E-state index in [1.807, 2.05) is 31.2 Å². The highest BCUT2D eigenvalue weighted by molar-refractivity contribution is 7.98. The first-order chi connectivity index (χ1) is 13.6. The van der Waals surface area contributed by atoms with Crippen LogP contribution >= 0.6 is 23.1 Å². The fourth-order valence-electron chi connectivity index (χ4n) is 2.38. The van der Waals surface area contributed by atoms with E-state index in [0.717, 1.165) is 17.3 Å². The molecule has 2 heterocycles. The third kappa shape index (κ3) is 5.24. The second-order valence-electron chi connectivity index (χ2n) is 6.03. The van der Waals surface area contributed by atoms with Gasteiger partial charge in [0.2, 0.25) is 5.91 Å². The van der Waals surface area contributed by atoms with Crippen molar-refractivity contribution in [2.24, 2.45) is 0 Å². The number of anilines is 2. The fourth-order valence-corrected chi connectivity index (χ4v) is 4.14. The molecular formula is C18H15F3N4O2S2. The Bertz CT molecular complexity index is 1080. The number of thioether (sulfide) groups is 1. The first-order valence-electron chi connectivity index (χ1n) is 8.26. The van der Waals surface area contributed by atoms with Gasteiger partial charge in [0.15, 0.2) is 16.0 Å². The smallest absolute Gasteiger partial charge is 0.301 e. The van der Waals surface area contributed by atoms with Crippen molar-refractivity contribution in [2.45, 2.75) is 30.9 Å². The summed E-state index contributed by atoms with van der Waals surface area (Å²) in [5, 5.41) is 2.00. The first kappa shape index (κ1) is 21.1. The van der Waals surface area contributed by atoms with Crippen molar-refractivity contribution >= 4 is 39.8 Å². The number of halogens is 3. The van der Waals surface area contributed by atoms with Crippen molar-refractivity contribution in [1.82, 2.24) is 15.0 Å². The van der Waals surface area contributed by atoms with E-state index < -0.39 is 17.4 Å². The number of nitrogens with zero attached hydrogens (tertiary/aromatic N) is 3. The molecule has 152 valence electrons. The van der Waals surface area contributed by atoms with Gasteiger partial charge >= 0.3 is 6.18 Å². The molecule has 0 aliphatic carbocycles. The standard InChI is InChI=1S/C18H15F3N4O2S2/c1-10-3-5-13(6-4-10)25(11(2)26)17-22-12(9-29-17)8-28-16-23-14(18(19,20)21)7-15(27)24-16/h3-7,9H,8H2,1-2H3,(H,23,24,27). The van der Waals surface area contributed by atoms with Crippen LogP contribution in [-0.2, 0) is 16.7 Å². The molecule has 2 aromatic heterocycles. The summed E-state index contributed by atoms with van der Waals surface area (Å²) >= 11 is 2.16. The topological polar surface area (TPSA) is 79.0 Å². The molecule has 0 bridgehead atoms. The number of aromatic nitrogens is 3. The summed E-state index contributed by atoms with van der Waals surface area (Å²) < 4.78 is 38.4. The second-order valence-corrected chi connectivity index (χ2v) is 7.83. The van der Waals surface area contributed by atoms with Gasteiger partial charge in [-0.05, 0) is 19.1 Å². The Hall–Kier alpha value is -2.66. The van der Waals surface area contributed by atoms with Gasteiger partial charge in [-0.15, -0.1) is 11.3 Å². The van der Waals surface area contributed by atoms with E-state index in [9.17, 15) is 22.8 Å². The molecule has 11 heteroatoms. The lowest BCUT2D eigenvalue weighted by molar-refractivity contribution is -0.141. The molecule has 0 aliphatic heterocycles. The highest BCUT2D eigenvalue weighted by Crippen LogP contribution is 2.31. The average Bonchev–Trinajstić information content (AvgIpc) is 3.09. The predicted molar refractivity (Wildman–Crippen MR) is 106 cm³/mol. The molecular weight excluding hydrogens is 425 g/mol. The van der Waals surface area contributed by atoms with E-state index in [-0.39, 0.29) is 16.8 Å². The molecule has 0 saturated carbocycles. The quantitative estimate of drug-likeness (QED) is 0.466. The molecule has 1 N–H and O–H groups in total. The van der Waals surface area contributed by atoms with Gasteiger partial charge in [0.25, 0.3) is 5.56 Å². The van der Waals surface area contributed by atoms with Crippen molar-refractivity contribution < 1.29 is 18.0 Å². The van der Waals surface area contributed by atoms with E-state index in [2.05, 4.69) is 15.0 Å². The van der Waals surface area contributed by atoms with Gasteiger partial charge in [0.1, 0.15) is 0 Å². The van der Waals surface area contributed by atoms with Gasteiger partial charge in [-0.2, -0.15) is 13.2 Å². The Kier molecular flexibility index (Phi) is 6.08. The van der Waals surface area contributed by atoms with Crippen LogP contribution < -0.4 is 10.5 Å². The molecule has 0 unspecified atom stereocenters. The Morgan fingerprint density at radius 3 is 2.55 bits per heavy atom. The number of carbonyl (C=O) groups is 1. The number of hydrogen-bond donors (Lipinski definition) is 1. The minimum atomic E-state index is -4.70. The van der Waals surface area contributed by atoms with Crippen LogP contribution in [0, 0.1) is 6.92 Å². The van der Waals surface area contributed by atoms with E-state index in [0.29, 0.717) is 22.6 Å². The zero-order valence-corrected chi connectivity index (χ0v) is 16.9. The van der Waals surface area contributed by atoms with Gasteiger partial charge < -0.3 is 4.98 Å². The number of hydrogen-bond acceptors (Lipinski definition) is 6. The normalized spacial score (nSPS) is 11.5. The van der Waals surface area contributed by atoms with Crippen LogP contribution in [0.2, 0.25) is 0 Å². The number of rotatable bonds is 5. The first-order valence-corrected chi connectivity index (χ1v) is 10.1. The SMILES string of the molecule is CC(=O)N(c1ccc(C)cc1)c1nc(CSc2nc(C(F)(F)F)cc(=O)[nH]2)cs1. The maximum Gasteiger partial charge on any atom is 0.433 e. The maximum atomic E-state index is 12.8. The van der Waals surface area contributed by atoms with Gasteiger partial charge in [-0.25, -0.2) is 9.97 Å². The number of benzene rings is 1. The Morgan fingerprint density at radius 1 is 1.24 bits per heavy atom. The van der Waals surface area contributed by atoms with E-state index in [1.54, 1.807) is 5.38 Å². The van der Waals surface area contributed by atoms with Crippen molar-refractivity contribution in [3.8, 4) is 0 Å². The van der Waals surface area contributed by atoms with E-state index in [1.165, 1.54) is 23.2 Å². The molecule has 0 aliphatic rings. The van der Waals surface area contributed by atoms with Gasteiger partial charge in [-0.1, -0.05) is 29.5 Å². The zero-order valence-electron chi connectivity index (χ0n) is 15.3. The molecule has 0 atom stereocenters. The number of aryl methyl sites for hydroxylation is 1. The summed E-state index contributed by atoms with van der Waals surface area (Å²) in [6, 6.07) is 7.79. The van der Waals surface area contributed by atoms with Gasteiger partial charge in [-0.3, -0.25) is 14.5 Å². The molecule has 0 fully saturated rings. The van der Waals surface area contributed by atoms with Crippen molar-refractivity contribution in [3.05, 3.63) is 63.0 Å². The summed E-state index contributed by atoms with van der Waals surface area (Å²) in [5.41, 5.74) is 0.144. The van der Waals surface area contributed by atoms with Crippen LogP contribution in [0.15, 0.2) is 45.7 Å². The van der Waals surface area contributed by atoms with Gasteiger partial charge in [0.05, 0.1) is 11.4 Å². The molecule has 1 amide bonds. The van der Waals surface area contributed by atoms with Crippen molar-refractivity contribution in [3.63, 3.8) is 0 Å².